The monoisotopic (exact) mass is 340 g/mol. The van der Waals surface area contributed by atoms with Gasteiger partial charge in [-0.1, -0.05) is 30.3 Å². The zero-order chi connectivity index (χ0) is 16.5. The second-order valence-electron chi connectivity index (χ2n) is 6.60. The van der Waals surface area contributed by atoms with Crippen LogP contribution in [0, 0.1) is 0 Å². The summed E-state index contributed by atoms with van der Waals surface area (Å²) in [5.74, 6) is 0.168. The second-order valence-corrected chi connectivity index (χ2v) is 7.63. The molecule has 5 heteroatoms. The lowest BCUT2D eigenvalue weighted by molar-refractivity contribution is -0.129. The van der Waals surface area contributed by atoms with E-state index in [2.05, 4.69) is 29.6 Å². The molecule has 2 amide bonds. The molecule has 2 aromatic rings. The van der Waals surface area contributed by atoms with E-state index in [9.17, 15) is 9.59 Å². The van der Waals surface area contributed by atoms with Crippen LogP contribution in [-0.4, -0.2) is 35.3 Å². The zero-order valence-corrected chi connectivity index (χ0v) is 14.2. The molecule has 0 saturated carbocycles. The molecule has 1 aliphatic carbocycles. The quantitative estimate of drug-likeness (QED) is 0.927. The highest BCUT2D eigenvalue weighted by Crippen LogP contribution is 2.28. The van der Waals surface area contributed by atoms with E-state index in [0.29, 0.717) is 19.4 Å². The Kier molecular flexibility index (Phi) is 4.10. The third kappa shape index (κ3) is 3.08. The van der Waals surface area contributed by atoms with Crippen LogP contribution in [0.25, 0.3) is 0 Å². The number of rotatable bonds is 4. The first-order chi connectivity index (χ1) is 11.7. The SMILES string of the molecule is O=C(Cc1cccs1)NC1CC(=O)N(C2Cc3ccccc3C2)C1. The average molecular weight is 340 g/mol. The van der Waals surface area contributed by atoms with Gasteiger partial charge in [-0.15, -0.1) is 11.3 Å². The summed E-state index contributed by atoms with van der Waals surface area (Å²) in [6, 6.07) is 12.5. The third-order valence-corrected chi connectivity index (χ3v) is 5.79. The molecule has 0 radical (unpaired) electrons. The maximum Gasteiger partial charge on any atom is 0.225 e. The molecule has 4 rings (SSSR count). The van der Waals surface area contributed by atoms with Crippen LogP contribution >= 0.6 is 11.3 Å². The van der Waals surface area contributed by atoms with Gasteiger partial charge in [0.1, 0.15) is 0 Å². The van der Waals surface area contributed by atoms with Crippen LogP contribution in [0.1, 0.15) is 22.4 Å². The Balaban J connectivity index is 1.35. The summed E-state index contributed by atoms with van der Waals surface area (Å²) in [6.07, 6.45) is 2.68. The molecule has 0 bridgehead atoms. The minimum Gasteiger partial charge on any atom is -0.351 e. The summed E-state index contributed by atoms with van der Waals surface area (Å²) in [7, 11) is 0. The van der Waals surface area contributed by atoms with Crippen molar-refractivity contribution >= 4 is 23.2 Å². The van der Waals surface area contributed by atoms with Gasteiger partial charge >= 0.3 is 0 Å². The van der Waals surface area contributed by atoms with Crippen molar-refractivity contribution in [3.8, 4) is 0 Å². The molecule has 2 aliphatic rings. The lowest BCUT2D eigenvalue weighted by atomic mass is 10.1. The molecule has 1 N–H and O–H groups in total. The van der Waals surface area contributed by atoms with Crippen LogP contribution in [0.4, 0.5) is 0 Å². The molecule has 1 atom stereocenters. The summed E-state index contributed by atoms with van der Waals surface area (Å²) in [5.41, 5.74) is 2.70. The Hall–Kier alpha value is -2.14. The fourth-order valence-electron chi connectivity index (χ4n) is 3.79. The standard InChI is InChI=1S/C19H20N2O2S/c22-18(11-17-6-3-7-24-17)20-15-10-19(23)21(12-15)16-8-13-4-1-2-5-14(13)9-16/h1-7,15-16H,8-12H2,(H,20,22). The molecule has 1 aromatic heterocycles. The van der Waals surface area contributed by atoms with Gasteiger partial charge in [-0.2, -0.15) is 0 Å². The maximum absolute atomic E-state index is 12.4. The van der Waals surface area contributed by atoms with E-state index in [1.54, 1.807) is 11.3 Å². The predicted molar refractivity (Wildman–Crippen MR) is 93.9 cm³/mol. The van der Waals surface area contributed by atoms with Gasteiger partial charge in [0.15, 0.2) is 0 Å². The van der Waals surface area contributed by atoms with Crippen LogP contribution in [0.15, 0.2) is 41.8 Å². The minimum absolute atomic E-state index is 0.00630. The molecule has 0 spiro atoms. The molecule has 1 fully saturated rings. The van der Waals surface area contributed by atoms with E-state index >= 15 is 0 Å². The molecule has 1 saturated heterocycles. The van der Waals surface area contributed by atoms with Crippen LogP contribution in [0.2, 0.25) is 0 Å². The number of hydrogen-bond donors (Lipinski definition) is 1. The molecular formula is C19H20N2O2S. The minimum atomic E-state index is -0.0614. The molecule has 1 aliphatic heterocycles. The summed E-state index contributed by atoms with van der Waals surface area (Å²) in [5, 5.41) is 5.00. The third-order valence-electron chi connectivity index (χ3n) is 4.91. The molecule has 4 nitrogen and oxygen atoms in total. The fourth-order valence-corrected chi connectivity index (χ4v) is 4.49. The van der Waals surface area contributed by atoms with Crippen molar-refractivity contribution in [1.29, 1.82) is 0 Å². The van der Waals surface area contributed by atoms with Gasteiger partial charge in [-0.25, -0.2) is 0 Å². The van der Waals surface area contributed by atoms with E-state index in [1.807, 2.05) is 22.4 Å². The van der Waals surface area contributed by atoms with Crippen molar-refractivity contribution in [3.05, 3.63) is 57.8 Å². The summed E-state index contributed by atoms with van der Waals surface area (Å²) in [4.78, 5) is 27.6. The number of carbonyl (C=O) groups excluding carboxylic acids is 2. The molecule has 1 unspecified atom stereocenters. The normalized spacial score (nSPS) is 20.4. The molecule has 1 aromatic carbocycles. The molecular weight excluding hydrogens is 320 g/mol. The van der Waals surface area contributed by atoms with Crippen LogP contribution in [0.5, 0.6) is 0 Å². The van der Waals surface area contributed by atoms with E-state index in [1.165, 1.54) is 11.1 Å². The van der Waals surface area contributed by atoms with Crippen LogP contribution < -0.4 is 5.32 Å². The Morgan fingerprint density at radius 1 is 1.12 bits per heavy atom. The van der Waals surface area contributed by atoms with Gasteiger partial charge in [0.2, 0.25) is 11.8 Å². The predicted octanol–water partition coefficient (Wildman–Crippen LogP) is 2.18. The maximum atomic E-state index is 12.4. The Morgan fingerprint density at radius 2 is 1.88 bits per heavy atom. The Morgan fingerprint density at radius 3 is 2.54 bits per heavy atom. The Labute approximate surface area is 145 Å². The molecule has 124 valence electrons. The largest absolute Gasteiger partial charge is 0.351 e. The van der Waals surface area contributed by atoms with Crippen molar-refractivity contribution in [3.63, 3.8) is 0 Å². The smallest absolute Gasteiger partial charge is 0.225 e. The summed E-state index contributed by atoms with van der Waals surface area (Å²) < 4.78 is 0. The van der Waals surface area contributed by atoms with Gasteiger partial charge in [-0.3, -0.25) is 9.59 Å². The average Bonchev–Trinajstić information content (AvgIpc) is 3.26. The number of nitrogens with zero attached hydrogens (tertiary/aromatic N) is 1. The number of nitrogens with one attached hydrogen (secondary N) is 1. The van der Waals surface area contributed by atoms with Crippen molar-refractivity contribution in [2.24, 2.45) is 0 Å². The summed E-state index contributed by atoms with van der Waals surface area (Å²) >= 11 is 1.59. The number of fused-ring (bicyclic) bond motifs is 1. The van der Waals surface area contributed by atoms with Crippen molar-refractivity contribution in [2.45, 2.75) is 37.8 Å². The fraction of sp³-hybridized carbons (Fsp3) is 0.368. The van der Waals surface area contributed by atoms with Gasteiger partial charge in [0.05, 0.1) is 12.5 Å². The van der Waals surface area contributed by atoms with E-state index < -0.39 is 0 Å². The first-order valence-corrected chi connectivity index (χ1v) is 9.25. The lowest BCUT2D eigenvalue weighted by Gasteiger charge is -2.24. The molecule has 2 heterocycles. The Bertz CT molecular complexity index is 731. The van der Waals surface area contributed by atoms with Crippen molar-refractivity contribution < 1.29 is 9.59 Å². The summed E-state index contributed by atoms with van der Waals surface area (Å²) in [6.45, 7) is 0.633. The van der Waals surface area contributed by atoms with Gasteiger partial charge in [-0.05, 0) is 35.4 Å². The number of thiophene rings is 1. The van der Waals surface area contributed by atoms with E-state index in [4.69, 9.17) is 0 Å². The lowest BCUT2D eigenvalue weighted by Crippen LogP contribution is -2.41. The topological polar surface area (TPSA) is 49.4 Å². The number of carbonyl (C=O) groups is 2. The highest BCUT2D eigenvalue weighted by atomic mass is 32.1. The number of benzene rings is 1. The second kappa shape index (κ2) is 6.40. The zero-order valence-electron chi connectivity index (χ0n) is 13.4. The number of likely N-dealkylation sites (tertiary alicyclic amines) is 1. The number of amides is 2. The van der Waals surface area contributed by atoms with Gasteiger partial charge < -0.3 is 10.2 Å². The van der Waals surface area contributed by atoms with E-state index in [-0.39, 0.29) is 23.9 Å². The van der Waals surface area contributed by atoms with Crippen LogP contribution in [-0.2, 0) is 28.9 Å². The first kappa shape index (κ1) is 15.4. The highest BCUT2D eigenvalue weighted by Gasteiger charge is 2.37. The van der Waals surface area contributed by atoms with Crippen molar-refractivity contribution in [1.82, 2.24) is 10.2 Å². The van der Waals surface area contributed by atoms with Crippen LogP contribution in [0.3, 0.4) is 0 Å². The van der Waals surface area contributed by atoms with Gasteiger partial charge in [0.25, 0.3) is 0 Å². The highest BCUT2D eigenvalue weighted by molar-refractivity contribution is 7.10. The molecule has 24 heavy (non-hydrogen) atoms. The van der Waals surface area contributed by atoms with E-state index in [0.717, 1.165) is 17.7 Å². The van der Waals surface area contributed by atoms with Crippen molar-refractivity contribution in [2.75, 3.05) is 6.54 Å². The van der Waals surface area contributed by atoms with Gasteiger partial charge in [0, 0.05) is 23.9 Å². The first-order valence-electron chi connectivity index (χ1n) is 8.37. The number of hydrogen-bond acceptors (Lipinski definition) is 3.